The van der Waals surface area contributed by atoms with Crippen molar-refractivity contribution < 1.29 is 8.78 Å². The molecule has 94 valence electrons. The number of halogens is 2. The molecule has 17 heavy (non-hydrogen) atoms. The molecule has 1 aromatic rings. The Morgan fingerprint density at radius 1 is 1.29 bits per heavy atom. The number of rotatable bonds is 5. The quantitative estimate of drug-likeness (QED) is 0.730. The Bertz CT molecular complexity index is 391. The molecule has 0 bridgehead atoms. The zero-order chi connectivity index (χ0) is 12.8. The van der Waals surface area contributed by atoms with E-state index in [9.17, 15) is 8.78 Å². The molecule has 5 N–H and O–H groups in total. The second-order valence-electron chi connectivity index (χ2n) is 3.94. The van der Waals surface area contributed by atoms with Crippen molar-refractivity contribution in [1.29, 1.82) is 0 Å². The summed E-state index contributed by atoms with van der Waals surface area (Å²) in [6.07, 6.45) is 3.32. The topological polar surface area (TPSA) is 64.1 Å². The molecule has 0 heterocycles. The highest BCUT2D eigenvalue weighted by molar-refractivity contribution is 5.24. The fourth-order valence-electron chi connectivity index (χ4n) is 1.26. The van der Waals surface area contributed by atoms with Crippen LogP contribution in [-0.2, 0) is 0 Å². The van der Waals surface area contributed by atoms with Crippen LogP contribution in [0.25, 0.3) is 0 Å². The van der Waals surface area contributed by atoms with Gasteiger partial charge in [-0.2, -0.15) is 0 Å². The van der Waals surface area contributed by atoms with Gasteiger partial charge < -0.3 is 16.8 Å². The van der Waals surface area contributed by atoms with Crippen molar-refractivity contribution in [3.8, 4) is 0 Å². The van der Waals surface area contributed by atoms with E-state index in [0.717, 1.165) is 12.1 Å². The van der Waals surface area contributed by atoms with E-state index in [0.29, 0.717) is 12.1 Å². The first-order valence-corrected chi connectivity index (χ1v) is 5.37. The van der Waals surface area contributed by atoms with Crippen molar-refractivity contribution in [3.63, 3.8) is 0 Å². The lowest BCUT2D eigenvalue weighted by molar-refractivity contribution is 0.506. The van der Waals surface area contributed by atoms with Gasteiger partial charge in [0, 0.05) is 18.6 Å². The smallest absolute Gasteiger partial charge is 0.159 e. The van der Waals surface area contributed by atoms with Gasteiger partial charge in [0.1, 0.15) is 0 Å². The molecule has 0 spiro atoms. The predicted octanol–water partition coefficient (Wildman–Crippen LogP) is 1.42. The van der Waals surface area contributed by atoms with Gasteiger partial charge in [-0.05, 0) is 36.9 Å². The Morgan fingerprint density at radius 3 is 2.59 bits per heavy atom. The lowest BCUT2D eigenvalue weighted by Crippen LogP contribution is -2.28. The normalized spacial score (nSPS) is 14.9. The van der Waals surface area contributed by atoms with Crippen molar-refractivity contribution >= 4 is 0 Å². The molecule has 2 atom stereocenters. The van der Waals surface area contributed by atoms with E-state index >= 15 is 0 Å². The first-order valence-electron chi connectivity index (χ1n) is 5.37. The first-order chi connectivity index (χ1) is 8.00. The molecule has 0 amide bonds. The highest BCUT2D eigenvalue weighted by atomic mass is 19.2. The summed E-state index contributed by atoms with van der Waals surface area (Å²) in [7, 11) is 0. The highest BCUT2D eigenvalue weighted by Crippen LogP contribution is 2.15. The Labute approximate surface area is 99.5 Å². The maximum absolute atomic E-state index is 12.9. The lowest BCUT2D eigenvalue weighted by atomic mass is 10.1. The minimum Gasteiger partial charge on any atom is -0.390 e. The Hall–Kier alpha value is -1.46. The van der Waals surface area contributed by atoms with Crippen LogP contribution in [0.4, 0.5) is 8.78 Å². The summed E-state index contributed by atoms with van der Waals surface area (Å²) in [5.74, 6) is -1.77. The Morgan fingerprint density at radius 2 is 2.00 bits per heavy atom. The minimum atomic E-state index is -0.894. The van der Waals surface area contributed by atoms with Gasteiger partial charge in [-0.25, -0.2) is 8.78 Å². The molecule has 0 aliphatic heterocycles. The minimum absolute atomic E-state index is 0.0409. The van der Waals surface area contributed by atoms with E-state index < -0.39 is 17.7 Å². The third-order valence-corrected chi connectivity index (χ3v) is 2.19. The zero-order valence-corrected chi connectivity index (χ0v) is 9.66. The molecule has 0 saturated carbocycles. The van der Waals surface area contributed by atoms with Gasteiger partial charge in [-0.15, -0.1) is 0 Å². The van der Waals surface area contributed by atoms with Gasteiger partial charge in [-0.3, -0.25) is 0 Å². The van der Waals surface area contributed by atoms with Crippen molar-refractivity contribution in [2.75, 3.05) is 6.54 Å². The van der Waals surface area contributed by atoms with E-state index in [1.54, 1.807) is 12.3 Å². The highest BCUT2D eigenvalue weighted by Gasteiger charge is 2.06. The third kappa shape index (κ3) is 4.50. The standard InChI is InChI=1S/C12H17F2N3/c1-8(15)7-17-5-4-12(16)9-2-3-10(13)11(14)6-9/h2-6,8,12,17H,7,15-16H2,1H3/b5-4-. The molecular formula is C12H17F2N3. The summed E-state index contributed by atoms with van der Waals surface area (Å²) in [5, 5.41) is 2.96. The van der Waals surface area contributed by atoms with Gasteiger partial charge in [-0.1, -0.05) is 6.07 Å². The molecule has 0 saturated heterocycles. The van der Waals surface area contributed by atoms with Gasteiger partial charge >= 0.3 is 0 Å². The van der Waals surface area contributed by atoms with Crippen LogP contribution in [0.1, 0.15) is 18.5 Å². The average molecular weight is 241 g/mol. The van der Waals surface area contributed by atoms with E-state index in [2.05, 4.69) is 5.32 Å². The largest absolute Gasteiger partial charge is 0.390 e. The van der Waals surface area contributed by atoms with Crippen LogP contribution >= 0.6 is 0 Å². The first kappa shape index (κ1) is 13.6. The summed E-state index contributed by atoms with van der Waals surface area (Å²) < 4.78 is 25.6. The molecular weight excluding hydrogens is 224 g/mol. The summed E-state index contributed by atoms with van der Waals surface area (Å²) >= 11 is 0. The molecule has 0 aliphatic carbocycles. The van der Waals surface area contributed by atoms with Gasteiger partial charge in [0.15, 0.2) is 11.6 Å². The summed E-state index contributed by atoms with van der Waals surface area (Å²) in [6, 6.07) is 3.17. The lowest BCUT2D eigenvalue weighted by Gasteiger charge is -2.08. The zero-order valence-electron chi connectivity index (χ0n) is 9.66. The van der Waals surface area contributed by atoms with E-state index in [-0.39, 0.29) is 6.04 Å². The average Bonchev–Trinajstić information content (AvgIpc) is 2.27. The molecule has 0 fully saturated rings. The fraction of sp³-hybridized carbons (Fsp3) is 0.333. The predicted molar refractivity (Wildman–Crippen MR) is 64.1 cm³/mol. The molecule has 0 radical (unpaired) electrons. The molecule has 1 rings (SSSR count). The SMILES string of the molecule is CC(N)CN/C=C\C(N)c1ccc(F)c(F)c1. The third-order valence-electron chi connectivity index (χ3n) is 2.19. The van der Waals surface area contributed by atoms with Gasteiger partial charge in [0.05, 0.1) is 0 Å². The fourth-order valence-corrected chi connectivity index (χ4v) is 1.26. The van der Waals surface area contributed by atoms with Crippen LogP contribution in [0.2, 0.25) is 0 Å². The van der Waals surface area contributed by atoms with Crippen molar-refractivity contribution in [1.82, 2.24) is 5.32 Å². The van der Waals surface area contributed by atoms with E-state index in [4.69, 9.17) is 11.5 Å². The van der Waals surface area contributed by atoms with Crippen LogP contribution in [0.5, 0.6) is 0 Å². The second kappa shape index (κ2) is 6.32. The molecule has 5 heteroatoms. The van der Waals surface area contributed by atoms with Crippen molar-refractivity contribution in [3.05, 3.63) is 47.7 Å². The number of nitrogens with two attached hydrogens (primary N) is 2. The van der Waals surface area contributed by atoms with Crippen LogP contribution in [0, 0.1) is 11.6 Å². The van der Waals surface area contributed by atoms with Crippen LogP contribution in [-0.4, -0.2) is 12.6 Å². The molecule has 1 aromatic carbocycles. The maximum Gasteiger partial charge on any atom is 0.159 e. The maximum atomic E-state index is 12.9. The van der Waals surface area contributed by atoms with Crippen LogP contribution < -0.4 is 16.8 Å². The summed E-state index contributed by atoms with van der Waals surface area (Å²) in [6.45, 7) is 2.50. The number of nitrogens with one attached hydrogen (secondary N) is 1. The molecule has 0 aliphatic rings. The number of benzene rings is 1. The number of hydrogen-bond acceptors (Lipinski definition) is 3. The monoisotopic (exact) mass is 241 g/mol. The molecule has 3 nitrogen and oxygen atoms in total. The van der Waals surface area contributed by atoms with E-state index in [1.165, 1.54) is 6.07 Å². The second-order valence-corrected chi connectivity index (χ2v) is 3.94. The summed E-state index contributed by atoms with van der Waals surface area (Å²) in [4.78, 5) is 0. The van der Waals surface area contributed by atoms with E-state index in [1.807, 2.05) is 6.92 Å². The van der Waals surface area contributed by atoms with Crippen molar-refractivity contribution in [2.24, 2.45) is 11.5 Å². The number of hydrogen-bond donors (Lipinski definition) is 3. The van der Waals surface area contributed by atoms with Gasteiger partial charge in [0.25, 0.3) is 0 Å². The van der Waals surface area contributed by atoms with Crippen LogP contribution in [0.3, 0.4) is 0 Å². The van der Waals surface area contributed by atoms with Crippen molar-refractivity contribution in [2.45, 2.75) is 19.0 Å². The Balaban J connectivity index is 2.57. The molecule has 2 unspecified atom stereocenters. The van der Waals surface area contributed by atoms with Gasteiger partial charge in [0.2, 0.25) is 0 Å². The van der Waals surface area contributed by atoms with Crippen LogP contribution in [0.15, 0.2) is 30.5 Å². The Kier molecular flexibility index (Phi) is 5.06. The summed E-state index contributed by atoms with van der Waals surface area (Å²) in [5.41, 5.74) is 11.8. The molecule has 0 aromatic heterocycles.